The second-order valence-electron chi connectivity index (χ2n) is 2.67. The highest BCUT2D eigenvalue weighted by Gasteiger charge is 2.28. The minimum absolute atomic E-state index is 0.157. The van der Waals surface area contributed by atoms with E-state index in [2.05, 4.69) is 10.2 Å². The number of nitrogens with zero attached hydrogens (tertiary/aromatic N) is 2. The van der Waals surface area contributed by atoms with Crippen LogP contribution in [0.3, 0.4) is 0 Å². The van der Waals surface area contributed by atoms with Crippen LogP contribution in [0.5, 0.6) is 0 Å². The Hall–Kier alpha value is -1.46. The summed E-state index contributed by atoms with van der Waals surface area (Å²) >= 11 is 0. The molecule has 76 valence electrons. The van der Waals surface area contributed by atoms with Gasteiger partial charge in [-0.3, -0.25) is 4.79 Å². The number of ketones is 1. The molecule has 1 heterocycles. The van der Waals surface area contributed by atoms with E-state index in [9.17, 15) is 18.0 Å². The van der Waals surface area contributed by atoms with Gasteiger partial charge in [-0.2, -0.15) is 23.4 Å². The van der Waals surface area contributed by atoms with Gasteiger partial charge in [0.2, 0.25) is 0 Å². The van der Waals surface area contributed by atoms with Gasteiger partial charge in [-0.05, 0) is 6.07 Å². The van der Waals surface area contributed by atoms with Crippen molar-refractivity contribution >= 4 is 5.78 Å². The van der Waals surface area contributed by atoms with Gasteiger partial charge >= 0.3 is 6.18 Å². The maximum absolute atomic E-state index is 11.8. The second-order valence-corrected chi connectivity index (χ2v) is 2.67. The van der Waals surface area contributed by atoms with Crippen LogP contribution in [0.2, 0.25) is 0 Å². The van der Waals surface area contributed by atoms with E-state index >= 15 is 0 Å². The molecule has 0 aliphatic heterocycles. The molecule has 1 rings (SSSR count). The Morgan fingerprint density at radius 3 is 2.57 bits per heavy atom. The van der Waals surface area contributed by atoms with Gasteiger partial charge in [-0.15, -0.1) is 0 Å². The van der Waals surface area contributed by atoms with Gasteiger partial charge in [0.25, 0.3) is 0 Å². The number of carbonyl (C=O) groups is 1. The summed E-state index contributed by atoms with van der Waals surface area (Å²) in [6.45, 7) is 0. The fourth-order valence-electron chi connectivity index (χ4n) is 0.855. The summed E-state index contributed by atoms with van der Waals surface area (Å²) in [4.78, 5) is 11.1. The van der Waals surface area contributed by atoms with Gasteiger partial charge < -0.3 is 0 Å². The topological polar surface area (TPSA) is 42.9 Å². The first kappa shape index (κ1) is 10.6. The van der Waals surface area contributed by atoms with Gasteiger partial charge in [0.05, 0.1) is 18.8 Å². The molecular weight excluding hydrogens is 197 g/mol. The summed E-state index contributed by atoms with van der Waals surface area (Å²) in [5.41, 5.74) is 0.157. The number of rotatable bonds is 3. The summed E-state index contributed by atoms with van der Waals surface area (Å²) in [5.74, 6) is -0.572. The van der Waals surface area contributed by atoms with Gasteiger partial charge in [0.1, 0.15) is 0 Å². The zero-order valence-corrected chi connectivity index (χ0v) is 7.08. The van der Waals surface area contributed by atoms with Crippen LogP contribution in [0, 0.1) is 0 Å². The summed E-state index contributed by atoms with van der Waals surface area (Å²) in [5, 5.41) is 6.81. The van der Waals surface area contributed by atoms with Crippen molar-refractivity contribution in [3.05, 3.63) is 24.0 Å². The van der Waals surface area contributed by atoms with Crippen molar-refractivity contribution in [2.45, 2.75) is 19.0 Å². The first-order valence-corrected chi connectivity index (χ1v) is 3.86. The molecular formula is C8H7F3N2O. The number of hydrogen-bond donors (Lipinski definition) is 0. The number of halogens is 3. The monoisotopic (exact) mass is 204 g/mol. The van der Waals surface area contributed by atoms with Gasteiger partial charge in [-0.1, -0.05) is 0 Å². The van der Waals surface area contributed by atoms with Crippen LogP contribution < -0.4 is 0 Å². The molecule has 0 unspecified atom stereocenters. The van der Waals surface area contributed by atoms with Crippen molar-refractivity contribution in [2.75, 3.05) is 0 Å². The number of alkyl halides is 3. The van der Waals surface area contributed by atoms with E-state index in [4.69, 9.17) is 0 Å². The van der Waals surface area contributed by atoms with Crippen LogP contribution in [0.25, 0.3) is 0 Å². The van der Waals surface area contributed by atoms with Gasteiger partial charge in [0, 0.05) is 12.0 Å². The SMILES string of the molecule is O=C(CCC(F)(F)F)c1ccnnc1. The molecule has 0 aliphatic rings. The fourth-order valence-corrected chi connectivity index (χ4v) is 0.855. The summed E-state index contributed by atoms with van der Waals surface area (Å²) in [6, 6.07) is 1.34. The Morgan fingerprint density at radius 1 is 1.36 bits per heavy atom. The third-order valence-corrected chi connectivity index (χ3v) is 1.54. The maximum Gasteiger partial charge on any atom is 0.389 e. The zero-order valence-electron chi connectivity index (χ0n) is 7.08. The molecule has 0 spiro atoms. The average Bonchev–Trinajstić information content (AvgIpc) is 2.14. The molecule has 0 aliphatic carbocycles. The summed E-state index contributed by atoms with van der Waals surface area (Å²) in [7, 11) is 0. The van der Waals surface area contributed by atoms with Crippen molar-refractivity contribution < 1.29 is 18.0 Å². The molecule has 1 aromatic rings. The number of carbonyl (C=O) groups excluding carboxylic acids is 1. The molecule has 0 atom stereocenters. The summed E-state index contributed by atoms with van der Waals surface area (Å²) < 4.78 is 35.3. The highest BCUT2D eigenvalue weighted by molar-refractivity contribution is 5.95. The molecule has 0 aromatic carbocycles. The highest BCUT2D eigenvalue weighted by atomic mass is 19.4. The predicted octanol–water partition coefficient (Wildman–Crippen LogP) is 2.00. The van der Waals surface area contributed by atoms with Crippen molar-refractivity contribution in [1.82, 2.24) is 10.2 Å². The van der Waals surface area contributed by atoms with Crippen molar-refractivity contribution in [1.29, 1.82) is 0 Å². The normalized spacial score (nSPS) is 11.4. The predicted molar refractivity (Wildman–Crippen MR) is 41.7 cm³/mol. The van der Waals surface area contributed by atoms with Crippen molar-refractivity contribution in [3.63, 3.8) is 0 Å². The highest BCUT2D eigenvalue weighted by Crippen LogP contribution is 2.22. The molecule has 6 heteroatoms. The van der Waals surface area contributed by atoms with Gasteiger partial charge in [-0.25, -0.2) is 0 Å². The van der Waals surface area contributed by atoms with E-state index < -0.39 is 24.8 Å². The average molecular weight is 204 g/mol. The number of aromatic nitrogens is 2. The molecule has 3 nitrogen and oxygen atoms in total. The lowest BCUT2D eigenvalue weighted by molar-refractivity contribution is -0.133. The van der Waals surface area contributed by atoms with E-state index in [0.717, 1.165) is 6.20 Å². The summed E-state index contributed by atoms with van der Waals surface area (Å²) in [6.07, 6.45) is -3.53. The van der Waals surface area contributed by atoms with Crippen LogP contribution >= 0.6 is 0 Å². The zero-order chi connectivity index (χ0) is 10.6. The molecule has 14 heavy (non-hydrogen) atoms. The van der Waals surface area contributed by atoms with Crippen molar-refractivity contribution in [2.24, 2.45) is 0 Å². The standard InChI is InChI=1S/C8H7F3N2O/c9-8(10,11)3-1-7(14)6-2-4-12-13-5-6/h2,4-5H,1,3H2. The quantitative estimate of drug-likeness (QED) is 0.707. The van der Waals surface area contributed by atoms with Crippen LogP contribution in [0.1, 0.15) is 23.2 Å². The van der Waals surface area contributed by atoms with E-state index in [1.54, 1.807) is 0 Å². The molecule has 0 fully saturated rings. The minimum Gasteiger partial charge on any atom is -0.294 e. The number of Topliss-reactive ketones (excluding diaryl/α,β-unsaturated/α-hetero) is 1. The Labute approximate surface area is 78.0 Å². The molecule has 0 N–H and O–H groups in total. The first-order valence-electron chi connectivity index (χ1n) is 3.86. The third kappa shape index (κ3) is 3.51. The minimum atomic E-state index is -4.30. The molecule has 0 saturated heterocycles. The lowest BCUT2D eigenvalue weighted by Crippen LogP contribution is -2.11. The molecule has 0 saturated carbocycles. The molecule has 0 amide bonds. The third-order valence-electron chi connectivity index (χ3n) is 1.54. The first-order chi connectivity index (χ1) is 6.49. The van der Waals surface area contributed by atoms with E-state index in [1.165, 1.54) is 12.3 Å². The van der Waals surface area contributed by atoms with E-state index in [-0.39, 0.29) is 5.56 Å². The molecule has 0 radical (unpaired) electrons. The Balaban J connectivity index is 2.52. The Kier molecular flexibility index (Phi) is 3.16. The van der Waals surface area contributed by atoms with Crippen LogP contribution in [-0.4, -0.2) is 22.2 Å². The number of hydrogen-bond acceptors (Lipinski definition) is 3. The second kappa shape index (κ2) is 4.17. The van der Waals surface area contributed by atoms with E-state index in [0.29, 0.717) is 0 Å². The van der Waals surface area contributed by atoms with Crippen LogP contribution in [-0.2, 0) is 0 Å². The Bertz CT molecular complexity index is 310. The molecule has 0 bridgehead atoms. The Morgan fingerprint density at radius 2 is 2.07 bits per heavy atom. The van der Waals surface area contributed by atoms with Crippen molar-refractivity contribution in [3.8, 4) is 0 Å². The molecule has 1 aromatic heterocycles. The van der Waals surface area contributed by atoms with Crippen LogP contribution in [0.4, 0.5) is 13.2 Å². The lowest BCUT2D eigenvalue weighted by atomic mass is 10.1. The van der Waals surface area contributed by atoms with E-state index in [1.807, 2.05) is 0 Å². The smallest absolute Gasteiger partial charge is 0.294 e. The maximum atomic E-state index is 11.8. The fraction of sp³-hybridized carbons (Fsp3) is 0.375. The van der Waals surface area contributed by atoms with Crippen LogP contribution in [0.15, 0.2) is 18.5 Å². The largest absolute Gasteiger partial charge is 0.389 e. The lowest BCUT2D eigenvalue weighted by Gasteiger charge is -2.04. The van der Waals surface area contributed by atoms with Gasteiger partial charge in [0.15, 0.2) is 5.78 Å².